The molecule has 3 aliphatic rings. The smallest absolute Gasteiger partial charge is 0.223 e. The molecule has 1 N–H and O–H groups in total. The number of fused-ring (bicyclic) bond motifs is 2. The number of carbonyl (C=O) groups is 1. The number of rotatable bonds is 3. The number of benzene rings is 1. The molecular formula is C16H19N3O2. The second-order valence-electron chi connectivity index (χ2n) is 6.45. The maximum atomic E-state index is 12.6. The second-order valence-corrected chi connectivity index (χ2v) is 6.45. The van der Waals surface area contributed by atoms with Gasteiger partial charge < -0.3 is 10.0 Å². The minimum atomic E-state index is -0.117. The highest BCUT2D eigenvalue weighted by Gasteiger charge is 2.54. The van der Waals surface area contributed by atoms with Crippen molar-refractivity contribution in [3.63, 3.8) is 0 Å². The summed E-state index contributed by atoms with van der Waals surface area (Å²) in [6, 6.07) is 7.81. The molecule has 1 spiro atoms. The zero-order valence-corrected chi connectivity index (χ0v) is 11.9. The lowest BCUT2D eigenvalue weighted by Gasteiger charge is -2.37. The number of phenols is 1. The Hall–Kier alpha value is -1.91. The van der Waals surface area contributed by atoms with Gasteiger partial charge in [0.15, 0.2) is 5.66 Å². The van der Waals surface area contributed by atoms with E-state index >= 15 is 0 Å². The third-order valence-electron chi connectivity index (χ3n) is 4.95. The van der Waals surface area contributed by atoms with E-state index in [4.69, 9.17) is 0 Å². The topological polar surface area (TPSA) is 65.3 Å². The molecule has 3 aliphatic heterocycles. The first-order valence-electron chi connectivity index (χ1n) is 7.68. The number of hydrogen-bond acceptors (Lipinski definition) is 4. The molecule has 21 heavy (non-hydrogen) atoms. The highest BCUT2D eigenvalue weighted by Crippen LogP contribution is 2.49. The number of aryl methyl sites for hydroxylation is 1. The van der Waals surface area contributed by atoms with Crippen LogP contribution < -0.4 is 0 Å². The van der Waals surface area contributed by atoms with Crippen molar-refractivity contribution in [2.75, 3.05) is 0 Å². The summed E-state index contributed by atoms with van der Waals surface area (Å²) in [4.78, 5) is 14.6. The maximum Gasteiger partial charge on any atom is 0.223 e. The van der Waals surface area contributed by atoms with E-state index in [0.29, 0.717) is 24.9 Å². The lowest BCUT2D eigenvalue weighted by Crippen LogP contribution is -2.49. The quantitative estimate of drug-likeness (QED) is 0.927. The van der Waals surface area contributed by atoms with E-state index in [2.05, 4.69) is 15.1 Å². The van der Waals surface area contributed by atoms with Crippen LogP contribution in [0, 0.1) is 0 Å². The highest BCUT2D eigenvalue weighted by atomic mass is 16.3. The minimum absolute atomic E-state index is 0.117. The molecule has 0 aliphatic carbocycles. The molecule has 2 atom stereocenters. The largest absolute Gasteiger partial charge is 0.508 e. The molecule has 2 saturated heterocycles. The summed E-state index contributed by atoms with van der Waals surface area (Å²) >= 11 is 0. The Morgan fingerprint density at radius 2 is 2.00 bits per heavy atom. The van der Waals surface area contributed by atoms with Crippen molar-refractivity contribution in [2.24, 2.45) is 10.2 Å². The van der Waals surface area contributed by atoms with Gasteiger partial charge in [-0.25, -0.2) is 0 Å². The monoisotopic (exact) mass is 285 g/mol. The summed E-state index contributed by atoms with van der Waals surface area (Å²) in [5.74, 6) is 0.498. The van der Waals surface area contributed by atoms with Crippen LogP contribution in [-0.4, -0.2) is 33.7 Å². The van der Waals surface area contributed by atoms with Crippen LogP contribution in [0.4, 0.5) is 0 Å². The Kier molecular flexibility index (Phi) is 2.77. The van der Waals surface area contributed by atoms with Gasteiger partial charge in [-0.05, 0) is 37.0 Å². The maximum absolute atomic E-state index is 12.6. The average molecular weight is 285 g/mol. The fraction of sp³-hybridized carbons (Fsp3) is 0.562. The lowest BCUT2D eigenvalue weighted by atomic mass is 9.93. The molecule has 2 unspecified atom stereocenters. The van der Waals surface area contributed by atoms with Crippen LogP contribution >= 0.6 is 0 Å². The number of carbonyl (C=O) groups excluding carboxylic acids is 1. The third kappa shape index (κ3) is 2.30. The van der Waals surface area contributed by atoms with Crippen molar-refractivity contribution in [3.05, 3.63) is 29.8 Å². The predicted octanol–water partition coefficient (Wildman–Crippen LogP) is 2.64. The Morgan fingerprint density at radius 1 is 1.29 bits per heavy atom. The molecule has 2 bridgehead atoms. The summed E-state index contributed by atoms with van der Waals surface area (Å²) in [5, 5.41) is 17.9. The molecule has 5 heteroatoms. The van der Waals surface area contributed by atoms with Crippen LogP contribution in [0.1, 0.15) is 37.7 Å². The van der Waals surface area contributed by atoms with Crippen LogP contribution in [-0.2, 0) is 11.2 Å². The Labute approximate surface area is 123 Å². The van der Waals surface area contributed by atoms with E-state index in [1.54, 1.807) is 12.1 Å². The van der Waals surface area contributed by atoms with Crippen molar-refractivity contribution >= 4 is 5.91 Å². The summed E-state index contributed by atoms with van der Waals surface area (Å²) < 4.78 is 0. The molecule has 1 amide bonds. The van der Waals surface area contributed by atoms with E-state index < -0.39 is 0 Å². The molecule has 0 radical (unpaired) electrons. The van der Waals surface area contributed by atoms with Crippen LogP contribution in [0.2, 0.25) is 0 Å². The van der Waals surface area contributed by atoms with Gasteiger partial charge in [0.25, 0.3) is 0 Å². The first kappa shape index (κ1) is 12.8. The number of nitrogens with zero attached hydrogens (tertiary/aromatic N) is 3. The molecule has 5 nitrogen and oxygen atoms in total. The van der Waals surface area contributed by atoms with Gasteiger partial charge in [-0.3, -0.25) is 4.79 Å². The fourth-order valence-electron chi connectivity index (χ4n) is 3.93. The van der Waals surface area contributed by atoms with Crippen molar-refractivity contribution in [1.29, 1.82) is 0 Å². The molecule has 3 heterocycles. The summed E-state index contributed by atoms with van der Waals surface area (Å²) in [6.07, 6.45) is 5.22. The molecule has 1 aromatic rings. The molecule has 2 fully saturated rings. The fourth-order valence-corrected chi connectivity index (χ4v) is 3.93. The molecule has 0 aromatic heterocycles. The normalized spacial score (nSPS) is 28.1. The SMILES string of the molecule is O=C(CCc1cccc(O)c1)N1C2CCC1CC1(C2)N=N1. The molecule has 1 aromatic carbocycles. The Morgan fingerprint density at radius 3 is 2.62 bits per heavy atom. The zero-order chi connectivity index (χ0) is 14.4. The summed E-state index contributed by atoms with van der Waals surface area (Å²) in [6.45, 7) is 0. The number of amides is 1. The first-order valence-corrected chi connectivity index (χ1v) is 7.68. The second kappa shape index (κ2) is 4.55. The van der Waals surface area contributed by atoms with Gasteiger partial charge in [-0.2, -0.15) is 10.2 Å². The van der Waals surface area contributed by atoms with Gasteiger partial charge in [-0.15, -0.1) is 0 Å². The van der Waals surface area contributed by atoms with Gasteiger partial charge >= 0.3 is 0 Å². The summed E-state index contributed by atoms with van der Waals surface area (Å²) in [7, 11) is 0. The van der Waals surface area contributed by atoms with Crippen LogP contribution in [0.3, 0.4) is 0 Å². The van der Waals surface area contributed by atoms with Gasteiger partial charge in [0, 0.05) is 31.3 Å². The molecule has 0 saturated carbocycles. The van der Waals surface area contributed by atoms with Crippen LogP contribution in [0.15, 0.2) is 34.5 Å². The Balaban J connectivity index is 1.39. The summed E-state index contributed by atoms with van der Waals surface area (Å²) in [5.41, 5.74) is 0.893. The molecular weight excluding hydrogens is 266 g/mol. The van der Waals surface area contributed by atoms with E-state index in [9.17, 15) is 9.90 Å². The van der Waals surface area contributed by atoms with Gasteiger partial charge in [0.1, 0.15) is 5.75 Å². The van der Waals surface area contributed by atoms with E-state index in [0.717, 1.165) is 31.2 Å². The predicted molar refractivity (Wildman–Crippen MR) is 76.9 cm³/mol. The standard InChI is InChI=1S/C16H19N3O2/c20-14-3-1-2-11(8-14)4-7-15(21)19-12-5-6-13(19)10-16(9-12)17-18-16/h1-3,8,12-13,20H,4-7,9-10H2. The first-order chi connectivity index (χ1) is 10.2. The minimum Gasteiger partial charge on any atom is -0.508 e. The lowest BCUT2D eigenvalue weighted by molar-refractivity contribution is -0.136. The highest BCUT2D eigenvalue weighted by molar-refractivity contribution is 5.77. The average Bonchev–Trinajstić information content (AvgIpc) is 3.14. The van der Waals surface area contributed by atoms with E-state index in [1.165, 1.54) is 0 Å². The van der Waals surface area contributed by atoms with Crippen molar-refractivity contribution in [3.8, 4) is 5.75 Å². The number of phenolic OH excluding ortho intramolecular Hbond substituents is 1. The van der Waals surface area contributed by atoms with Crippen molar-refractivity contribution in [2.45, 2.75) is 56.3 Å². The van der Waals surface area contributed by atoms with Gasteiger partial charge in [0.2, 0.25) is 5.91 Å². The van der Waals surface area contributed by atoms with Crippen molar-refractivity contribution in [1.82, 2.24) is 4.90 Å². The number of aromatic hydroxyl groups is 1. The molecule has 4 rings (SSSR count). The number of hydrogen-bond donors (Lipinski definition) is 1. The zero-order valence-electron chi connectivity index (χ0n) is 11.9. The van der Waals surface area contributed by atoms with Crippen LogP contribution in [0.25, 0.3) is 0 Å². The molecule has 110 valence electrons. The van der Waals surface area contributed by atoms with E-state index in [1.807, 2.05) is 12.1 Å². The third-order valence-corrected chi connectivity index (χ3v) is 4.95. The Bertz CT molecular complexity index is 591. The van der Waals surface area contributed by atoms with Crippen LogP contribution in [0.5, 0.6) is 5.75 Å². The van der Waals surface area contributed by atoms with Gasteiger partial charge in [0.05, 0.1) is 0 Å². The van der Waals surface area contributed by atoms with Gasteiger partial charge in [-0.1, -0.05) is 12.1 Å². The van der Waals surface area contributed by atoms with E-state index in [-0.39, 0.29) is 17.3 Å². The van der Waals surface area contributed by atoms with Crippen molar-refractivity contribution < 1.29 is 9.90 Å². The number of piperidine rings is 1.